The van der Waals surface area contributed by atoms with Crippen LogP contribution in [0.5, 0.6) is 0 Å². The smallest absolute Gasteiger partial charge is 0.376 e. The average Bonchev–Trinajstić information content (AvgIpc) is 2.50. The van der Waals surface area contributed by atoms with Gasteiger partial charge in [0, 0.05) is 6.42 Å². The fraction of sp³-hybridized carbons (Fsp3) is 0.462. The number of allylic oxidation sites excluding steroid dienone is 2. The van der Waals surface area contributed by atoms with Gasteiger partial charge < -0.3 is 15.4 Å². The van der Waals surface area contributed by atoms with Crippen molar-refractivity contribution >= 4 is 34.5 Å². The van der Waals surface area contributed by atoms with Crippen LogP contribution in [0.4, 0.5) is 13.2 Å². The zero-order valence-electron chi connectivity index (χ0n) is 13.4. The monoisotopic (exact) mass is 627 g/mol. The maximum absolute atomic E-state index is 11.8. The second-order valence-corrected chi connectivity index (χ2v) is 6.53. The van der Waals surface area contributed by atoms with Crippen LogP contribution in [0.3, 0.4) is 0 Å². The van der Waals surface area contributed by atoms with E-state index in [2.05, 4.69) is 17.3 Å². The SMILES string of the molecule is C=CC(=C)[C-]=O.C[CH-]CCCCC(=O)OSNS(=O)(=O)C(F)(F)F.[U+2]. The van der Waals surface area contributed by atoms with E-state index in [9.17, 15) is 31.2 Å². The van der Waals surface area contributed by atoms with Gasteiger partial charge in [0.1, 0.15) is 0 Å². The van der Waals surface area contributed by atoms with Gasteiger partial charge in [0.05, 0.1) is 6.29 Å². The number of alkyl halides is 3. The van der Waals surface area contributed by atoms with Gasteiger partial charge in [0.2, 0.25) is 0 Å². The second-order valence-electron chi connectivity index (χ2n) is 4.06. The van der Waals surface area contributed by atoms with E-state index >= 15 is 0 Å². The predicted octanol–water partition coefficient (Wildman–Crippen LogP) is 3.15. The summed E-state index contributed by atoms with van der Waals surface area (Å²) in [4.78, 5) is 20.4. The number of unbranched alkanes of at least 4 members (excludes halogenated alkanes) is 3. The van der Waals surface area contributed by atoms with Crippen molar-refractivity contribution in [1.29, 1.82) is 0 Å². The molecule has 0 bridgehead atoms. The zero-order valence-corrected chi connectivity index (χ0v) is 19.2. The number of halogens is 3. The van der Waals surface area contributed by atoms with E-state index in [1.165, 1.54) is 6.08 Å². The van der Waals surface area contributed by atoms with Gasteiger partial charge in [-0.2, -0.15) is 51.3 Å². The topological polar surface area (TPSA) is 89.5 Å². The summed E-state index contributed by atoms with van der Waals surface area (Å²) in [6, 6.07) is 0. The number of hydrogen-bond acceptors (Lipinski definition) is 6. The summed E-state index contributed by atoms with van der Waals surface area (Å²) in [5.41, 5.74) is -5.13. The quantitative estimate of drug-likeness (QED) is 0.100. The molecule has 0 rings (SSSR count). The number of hydrogen-bond donors (Lipinski definition) is 1. The van der Waals surface area contributed by atoms with Gasteiger partial charge in [-0.05, 0) is 6.42 Å². The Morgan fingerprint density at radius 1 is 1.40 bits per heavy atom. The Kier molecular flexibility index (Phi) is 18.8. The number of carbonyl (C=O) groups is 1. The molecule has 0 saturated heterocycles. The van der Waals surface area contributed by atoms with Crippen LogP contribution in [0.25, 0.3) is 0 Å². The van der Waals surface area contributed by atoms with E-state index in [0.717, 1.165) is 17.0 Å². The first-order valence-electron chi connectivity index (χ1n) is 6.43. The number of nitrogens with one attached hydrogen (secondary N) is 1. The van der Waals surface area contributed by atoms with Gasteiger partial charge in [-0.3, -0.25) is 4.79 Å². The fourth-order valence-corrected chi connectivity index (χ4v) is 1.91. The minimum absolute atomic E-state index is 0. The van der Waals surface area contributed by atoms with Crippen molar-refractivity contribution in [3.63, 3.8) is 0 Å². The molecule has 0 spiro atoms. The van der Waals surface area contributed by atoms with Gasteiger partial charge in [-0.25, -0.2) is 8.42 Å². The Morgan fingerprint density at radius 2 is 1.96 bits per heavy atom. The van der Waals surface area contributed by atoms with E-state index in [1.807, 2.05) is 13.3 Å². The van der Waals surface area contributed by atoms with E-state index < -0.39 is 21.5 Å². The third kappa shape index (κ3) is 16.9. The van der Waals surface area contributed by atoms with E-state index in [-0.39, 0.29) is 49.8 Å². The molecule has 142 valence electrons. The summed E-state index contributed by atoms with van der Waals surface area (Å²) < 4.78 is 61.8. The Balaban J connectivity index is -0.000000592. The molecule has 0 unspecified atom stereocenters. The standard InChI is InChI=1S/C8H13F3NO4S2.C5H5O.U/c1-2-3-4-5-6-7(13)16-17-12-18(14,15)8(9,10)11;1-3-5(2)4-6;/h2,12H,3-6H2,1H3;3H,1-2H2;/q2*-1;+2. The molecule has 0 atom stereocenters. The first-order valence-corrected chi connectivity index (χ1v) is 8.66. The van der Waals surface area contributed by atoms with Crippen LogP contribution in [0.2, 0.25) is 0 Å². The molecular weight excluding hydrogens is 609 g/mol. The van der Waals surface area contributed by atoms with Crippen LogP contribution in [-0.4, -0.2) is 26.2 Å². The molecule has 25 heavy (non-hydrogen) atoms. The fourth-order valence-electron chi connectivity index (χ4n) is 0.857. The van der Waals surface area contributed by atoms with Gasteiger partial charge >= 0.3 is 52.6 Å². The molecule has 0 aliphatic rings. The Hall–Kier alpha value is -0.278. The van der Waals surface area contributed by atoms with E-state index in [1.54, 1.807) is 6.29 Å². The summed E-state index contributed by atoms with van der Waals surface area (Å²) in [7, 11) is -5.49. The minimum Gasteiger partial charge on any atom is -0.376 e. The number of sulfonamides is 1. The Bertz CT molecular complexity index is 514. The molecule has 0 amide bonds. The third-order valence-corrected chi connectivity index (χ3v) is 4.11. The van der Waals surface area contributed by atoms with Crippen LogP contribution in [0, 0.1) is 37.5 Å². The Morgan fingerprint density at radius 3 is 2.32 bits per heavy atom. The molecule has 6 nitrogen and oxygen atoms in total. The minimum atomic E-state index is -5.49. The van der Waals surface area contributed by atoms with Crippen molar-refractivity contribution in [2.75, 3.05) is 0 Å². The number of carbonyl (C=O) groups excluding carboxylic acids is 2. The van der Waals surface area contributed by atoms with Gasteiger partial charge in [-0.15, -0.1) is 4.13 Å². The van der Waals surface area contributed by atoms with E-state index in [0.29, 0.717) is 12.0 Å². The summed E-state index contributed by atoms with van der Waals surface area (Å²) in [5, 5.41) is 0. The van der Waals surface area contributed by atoms with Crippen molar-refractivity contribution in [3.05, 3.63) is 31.2 Å². The van der Waals surface area contributed by atoms with Gasteiger partial charge in [0.15, 0.2) is 12.2 Å². The maximum Gasteiger partial charge on any atom is 2.00 e. The summed E-state index contributed by atoms with van der Waals surface area (Å²) in [6.07, 6.45) is 6.94. The molecule has 0 aromatic heterocycles. The van der Waals surface area contributed by atoms with Crippen molar-refractivity contribution < 1.29 is 66.5 Å². The maximum atomic E-state index is 11.8. The average molecular weight is 627 g/mol. The first kappa shape index (κ1) is 29.5. The normalized spacial score (nSPS) is 10.6. The van der Waals surface area contributed by atoms with Crippen LogP contribution in [0.1, 0.15) is 32.6 Å². The molecule has 12 heteroatoms. The molecule has 1 N–H and O–H groups in total. The Labute approximate surface area is 173 Å². The first-order chi connectivity index (χ1) is 11.0. The molecule has 0 aromatic carbocycles. The van der Waals surface area contributed by atoms with Crippen LogP contribution in [0.15, 0.2) is 24.8 Å². The molecule has 0 aliphatic carbocycles. The van der Waals surface area contributed by atoms with E-state index in [4.69, 9.17) is 0 Å². The van der Waals surface area contributed by atoms with Gasteiger partial charge in [0.25, 0.3) is 0 Å². The molecule has 0 saturated carbocycles. The van der Waals surface area contributed by atoms with Crippen molar-refractivity contribution in [3.8, 4) is 0 Å². The molecule has 0 aromatic rings. The summed E-state index contributed by atoms with van der Waals surface area (Å²) in [6.45, 7) is 8.38. The van der Waals surface area contributed by atoms with Crippen molar-refractivity contribution in [2.45, 2.75) is 38.1 Å². The van der Waals surface area contributed by atoms with Crippen molar-refractivity contribution in [1.82, 2.24) is 4.13 Å². The predicted molar refractivity (Wildman–Crippen MR) is 85.3 cm³/mol. The van der Waals surface area contributed by atoms with Crippen LogP contribution >= 0.6 is 12.2 Å². The summed E-state index contributed by atoms with van der Waals surface area (Å²) in [5.74, 6) is -0.777. The molecule has 0 aliphatic heterocycles. The van der Waals surface area contributed by atoms with Gasteiger partial charge in [-0.1, -0.05) is 6.42 Å². The number of rotatable bonds is 10. The van der Waals surface area contributed by atoms with Crippen LogP contribution in [-0.2, 0) is 23.8 Å². The molecular formula is C13H18F3NO5S2U. The third-order valence-electron chi connectivity index (χ3n) is 2.08. The zero-order chi connectivity index (χ0) is 19.2. The second kappa shape index (κ2) is 15.9. The summed E-state index contributed by atoms with van der Waals surface area (Å²) >= 11 is -0.256. The largest absolute Gasteiger partial charge is 2.00 e. The van der Waals surface area contributed by atoms with Crippen molar-refractivity contribution in [2.24, 2.45) is 0 Å². The molecule has 0 radical (unpaired) electrons. The van der Waals surface area contributed by atoms with Crippen LogP contribution < -0.4 is 4.13 Å². The molecule has 0 fully saturated rings. The molecule has 0 heterocycles.